The molecule has 0 aliphatic carbocycles. The second-order valence-corrected chi connectivity index (χ2v) is 4.82. The maximum atomic E-state index is 5.38. The zero-order valence-electron chi connectivity index (χ0n) is 9.61. The predicted molar refractivity (Wildman–Crippen MR) is 61.6 cm³/mol. The molecule has 0 N–H and O–H groups in total. The molecule has 1 aromatic carbocycles. The molecule has 1 aromatic rings. The lowest BCUT2D eigenvalue weighted by atomic mass is 10.2. The summed E-state index contributed by atoms with van der Waals surface area (Å²) in [7, 11) is 0. The lowest BCUT2D eigenvalue weighted by molar-refractivity contribution is 0.174. The van der Waals surface area contributed by atoms with E-state index in [0.717, 1.165) is 24.0 Å². The fraction of sp³-hybridized carbons (Fsp3) is 0.538. The smallest absolute Gasteiger partial charge is 0.231 e. The highest BCUT2D eigenvalue weighted by molar-refractivity contribution is 5.44. The second kappa shape index (κ2) is 3.98. The van der Waals surface area contributed by atoms with E-state index in [1.54, 1.807) is 0 Å². The SMILES string of the molecule is CC1CCN(Cc2ccc3c(c2)OCO3)C1. The van der Waals surface area contributed by atoms with Gasteiger partial charge in [0.15, 0.2) is 11.5 Å². The largest absolute Gasteiger partial charge is 0.454 e. The Bertz CT molecular complexity index is 392. The van der Waals surface area contributed by atoms with Crippen molar-refractivity contribution in [2.24, 2.45) is 5.92 Å². The molecule has 1 atom stereocenters. The molecular formula is C13H17NO2. The van der Waals surface area contributed by atoms with Crippen LogP contribution in [-0.4, -0.2) is 24.8 Å². The van der Waals surface area contributed by atoms with Gasteiger partial charge in [-0.05, 0) is 36.6 Å². The van der Waals surface area contributed by atoms with Crippen molar-refractivity contribution in [2.45, 2.75) is 19.9 Å². The Morgan fingerprint density at radius 3 is 3.00 bits per heavy atom. The average Bonchev–Trinajstić information content (AvgIpc) is 2.87. The lowest BCUT2D eigenvalue weighted by Gasteiger charge is -2.15. The molecule has 1 unspecified atom stereocenters. The Kier molecular flexibility index (Phi) is 2.48. The van der Waals surface area contributed by atoms with Crippen LogP contribution in [0.2, 0.25) is 0 Å². The first-order chi connectivity index (χ1) is 7.81. The zero-order valence-corrected chi connectivity index (χ0v) is 9.61. The summed E-state index contributed by atoms with van der Waals surface area (Å²) in [5.41, 5.74) is 1.32. The van der Waals surface area contributed by atoms with Gasteiger partial charge in [-0.2, -0.15) is 0 Å². The third kappa shape index (κ3) is 1.87. The number of hydrogen-bond donors (Lipinski definition) is 0. The molecule has 0 aromatic heterocycles. The summed E-state index contributed by atoms with van der Waals surface area (Å²) in [5.74, 6) is 2.61. The van der Waals surface area contributed by atoms with E-state index in [2.05, 4.69) is 24.0 Å². The summed E-state index contributed by atoms with van der Waals surface area (Å²) in [6.07, 6.45) is 1.32. The number of likely N-dealkylation sites (tertiary alicyclic amines) is 1. The fourth-order valence-electron chi connectivity index (χ4n) is 2.47. The van der Waals surface area contributed by atoms with Crippen molar-refractivity contribution in [2.75, 3.05) is 19.9 Å². The highest BCUT2D eigenvalue weighted by Gasteiger charge is 2.19. The maximum absolute atomic E-state index is 5.38. The van der Waals surface area contributed by atoms with Crippen LogP contribution in [0.4, 0.5) is 0 Å². The Morgan fingerprint density at radius 2 is 2.19 bits per heavy atom. The molecule has 86 valence electrons. The van der Waals surface area contributed by atoms with Crippen LogP contribution in [0.3, 0.4) is 0 Å². The molecule has 2 aliphatic heterocycles. The minimum absolute atomic E-state index is 0.361. The van der Waals surface area contributed by atoms with Gasteiger partial charge in [0.2, 0.25) is 6.79 Å². The van der Waals surface area contributed by atoms with E-state index in [9.17, 15) is 0 Å². The number of nitrogens with zero attached hydrogens (tertiary/aromatic N) is 1. The van der Waals surface area contributed by atoms with Gasteiger partial charge in [-0.25, -0.2) is 0 Å². The van der Waals surface area contributed by atoms with Gasteiger partial charge >= 0.3 is 0 Å². The summed E-state index contributed by atoms with van der Waals surface area (Å²) in [6.45, 7) is 6.14. The van der Waals surface area contributed by atoms with Crippen molar-refractivity contribution in [3.63, 3.8) is 0 Å². The van der Waals surface area contributed by atoms with Gasteiger partial charge in [0.1, 0.15) is 0 Å². The van der Waals surface area contributed by atoms with Gasteiger partial charge in [-0.1, -0.05) is 13.0 Å². The third-order valence-corrected chi connectivity index (χ3v) is 3.35. The monoisotopic (exact) mass is 219 g/mol. The summed E-state index contributed by atoms with van der Waals surface area (Å²) < 4.78 is 10.7. The third-order valence-electron chi connectivity index (χ3n) is 3.35. The molecule has 2 heterocycles. The Labute approximate surface area is 96.0 Å². The van der Waals surface area contributed by atoms with Crippen molar-refractivity contribution >= 4 is 0 Å². The Morgan fingerprint density at radius 1 is 1.31 bits per heavy atom. The molecule has 0 amide bonds. The highest BCUT2D eigenvalue weighted by Crippen LogP contribution is 2.33. The van der Waals surface area contributed by atoms with Crippen LogP contribution < -0.4 is 9.47 Å². The minimum Gasteiger partial charge on any atom is -0.454 e. The summed E-state index contributed by atoms with van der Waals surface area (Å²) in [5, 5.41) is 0. The summed E-state index contributed by atoms with van der Waals surface area (Å²) in [4.78, 5) is 2.50. The van der Waals surface area contributed by atoms with E-state index in [0.29, 0.717) is 6.79 Å². The zero-order chi connectivity index (χ0) is 11.0. The van der Waals surface area contributed by atoms with E-state index >= 15 is 0 Å². The van der Waals surface area contributed by atoms with Crippen LogP contribution >= 0.6 is 0 Å². The number of ether oxygens (including phenoxy) is 2. The number of fused-ring (bicyclic) bond motifs is 1. The van der Waals surface area contributed by atoms with Crippen molar-refractivity contribution in [1.29, 1.82) is 0 Å². The van der Waals surface area contributed by atoms with Crippen molar-refractivity contribution in [3.05, 3.63) is 23.8 Å². The predicted octanol–water partition coefficient (Wildman–Crippen LogP) is 2.26. The van der Waals surface area contributed by atoms with Crippen LogP contribution in [0.15, 0.2) is 18.2 Å². The molecule has 0 saturated carbocycles. The van der Waals surface area contributed by atoms with Crippen molar-refractivity contribution in [1.82, 2.24) is 4.90 Å². The quantitative estimate of drug-likeness (QED) is 0.761. The Balaban J connectivity index is 1.71. The normalized spacial score (nSPS) is 23.9. The molecule has 0 bridgehead atoms. The van der Waals surface area contributed by atoms with E-state index in [1.807, 2.05) is 6.07 Å². The molecule has 1 saturated heterocycles. The molecule has 16 heavy (non-hydrogen) atoms. The molecule has 0 spiro atoms. The Hall–Kier alpha value is -1.22. The molecule has 3 heteroatoms. The summed E-state index contributed by atoms with van der Waals surface area (Å²) >= 11 is 0. The van der Waals surface area contributed by atoms with Crippen LogP contribution in [0.5, 0.6) is 11.5 Å². The van der Waals surface area contributed by atoms with Gasteiger partial charge < -0.3 is 9.47 Å². The lowest BCUT2D eigenvalue weighted by Crippen LogP contribution is -2.19. The minimum atomic E-state index is 0.361. The van der Waals surface area contributed by atoms with Gasteiger partial charge in [-0.3, -0.25) is 4.90 Å². The fourth-order valence-corrected chi connectivity index (χ4v) is 2.47. The van der Waals surface area contributed by atoms with Crippen LogP contribution in [0.25, 0.3) is 0 Å². The van der Waals surface area contributed by atoms with Crippen LogP contribution in [0, 0.1) is 5.92 Å². The summed E-state index contributed by atoms with van der Waals surface area (Å²) in [6, 6.07) is 6.25. The van der Waals surface area contributed by atoms with E-state index in [-0.39, 0.29) is 0 Å². The first-order valence-electron chi connectivity index (χ1n) is 5.92. The van der Waals surface area contributed by atoms with Crippen molar-refractivity contribution < 1.29 is 9.47 Å². The first-order valence-corrected chi connectivity index (χ1v) is 5.92. The molecule has 2 aliphatic rings. The molecule has 3 nitrogen and oxygen atoms in total. The van der Waals surface area contributed by atoms with Gasteiger partial charge in [-0.15, -0.1) is 0 Å². The van der Waals surface area contributed by atoms with Gasteiger partial charge in [0, 0.05) is 13.1 Å². The van der Waals surface area contributed by atoms with Crippen LogP contribution in [0.1, 0.15) is 18.9 Å². The van der Waals surface area contributed by atoms with Crippen molar-refractivity contribution in [3.8, 4) is 11.5 Å². The van der Waals surface area contributed by atoms with Gasteiger partial charge in [0.25, 0.3) is 0 Å². The first kappa shape index (κ1) is 9.97. The van der Waals surface area contributed by atoms with E-state index in [4.69, 9.17) is 9.47 Å². The average molecular weight is 219 g/mol. The number of hydrogen-bond acceptors (Lipinski definition) is 3. The van der Waals surface area contributed by atoms with E-state index < -0.39 is 0 Å². The topological polar surface area (TPSA) is 21.7 Å². The molecule has 3 rings (SSSR count). The van der Waals surface area contributed by atoms with Crippen LogP contribution in [-0.2, 0) is 6.54 Å². The molecule has 0 radical (unpaired) electrons. The van der Waals surface area contributed by atoms with E-state index in [1.165, 1.54) is 25.1 Å². The highest BCUT2D eigenvalue weighted by atomic mass is 16.7. The van der Waals surface area contributed by atoms with Gasteiger partial charge in [0.05, 0.1) is 0 Å². The second-order valence-electron chi connectivity index (χ2n) is 4.82. The number of benzene rings is 1. The molecular weight excluding hydrogens is 202 g/mol. The standard InChI is InChI=1S/C13H17NO2/c1-10-4-5-14(7-10)8-11-2-3-12-13(6-11)16-9-15-12/h2-3,6,10H,4-5,7-9H2,1H3. The molecule has 1 fully saturated rings. The maximum Gasteiger partial charge on any atom is 0.231 e. The number of rotatable bonds is 2.